The lowest BCUT2D eigenvalue weighted by Gasteiger charge is -2.37. The van der Waals surface area contributed by atoms with E-state index in [9.17, 15) is 9.59 Å². The molecule has 1 aliphatic carbocycles. The highest BCUT2D eigenvalue weighted by Crippen LogP contribution is 2.36. The number of esters is 1. The van der Waals surface area contributed by atoms with Gasteiger partial charge < -0.3 is 19.2 Å². The fourth-order valence-corrected chi connectivity index (χ4v) is 5.61. The SMILES string of the molecule is [C-]#[N+]c1c(C(=O)OC2C(C)CC(C)CC2C)c2nc(-c3ccc(C)cc3)[nH][n+]2n1OC(=O)N1CCOCC1. The van der Waals surface area contributed by atoms with Crippen LogP contribution in [0.1, 0.15) is 49.5 Å². The first-order valence-corrected chi connectivity index (χ1v) is 13.0. The van der Waals surface area contributed by atoms with E-state index in [0.29, 0.717) is 38.0 Å². The van der Waals surface area contributed by atoms with Crippen LogP contribution in [-0.2, 0) is 9.47 Å². The molecule has 2 unspecified atom stereocenters. The van der Waals surface area contributed by atoms with E-state index in [1.54, 1.807) is 0 Å². The Morgan fingerprint density at radius 1 is 1.13 bits per heavy atom. The van der Waals surface area contributed by atoms with E-state index in [2.05, 4.69) is 35.7 Å². The molecule has 2 fully saturated rings. The van der Waals surface area contributed by atoms with E-state index < -0.39 is 12.1 Å². The zero-order chi connectivity index (χ0) is 27.0. The van der Waals surface area contributed by atoms with Gasteiger partial charge in [-0.15, -0.1) is 5.10 Å². The van der Waals surface area contributed by atoms with Crippen molar-refractivity contribution in [1.82, 2.24) is 19.8 Å². The van der Waals surface area contributed by atoms with E-state index >= 15 is 0 Å². The Hall–Kier alpha value is -3.91. The van der Waals surface area contributed by atoms with Gasteiger partial charge in [-0.2, -0.15) is 0 Å². The van der Waals surface area contributed by atoms with Gasteiger partial charge in [-0.25, -0.2) is 14.4 Å². The Balaban J connectivity index is 1.56. The second kappa shape index (κ2) is 10.5. The van der Waals surface area contributed by atoms with Gasteiger partial charge in [0.05, 0.1) is 22.7 Å². The highest BCUT2D eigenvalue weighted by molar-refractivity contribution is 6.00. The maximum Gasteiger partial charge on any atom is 0.458 e. The van der Waals surface area contributed by atoms with Gasteiger partial charge in [0, 0.05) is 18.7 Å². The zero-order valence-electron chi connectivity index (χ0n) is 22.1. The van der Waals surface area contributed by atoms with Crippen LogP contribution in [-0.4, -0.2) is 64.3 Å². The minimum Gasteiger partial charge on any atom is -0.459 e. The molecule has 3 heterocycles. The number of nitrogens with zero attached hydrogens (tertiary/aromatic N) is 5. The van der Waals surface area contributed by atoms with Crippen molar-refractivity contribution in [1.29, 1.82) is 0 Å². The van der Waals surface area contributed by atoms with E-state index in [4.69, 9.17) is 20.9 Å². The number of aryl methyl sites for hydroxylation is 1. The fourth-order valence-electron chi connectivity index (χ4n) is 5.61. The van der Waals surface area contributed by atoms with Crippen molar-refractivity contribution in [2.45, 2.75) is 46.6 Å². The monoisotopic (exact) mass is 521 g/mol. The van der Waals surface area contributed by atoms with Gasteiger partial charge in [-0.3, -0.25) is 0 Å². The number of aromatic amines is 1. The van der Waals surface area contributed by atoms with Crippen molar-refractivity contribution in [3.63, 3.8) is 0 Å². The molecule has 2 aliphatic rings. The van der Waals surface area contributed by atoms with Crippen LogP contribution in [0.3, 0.4) is 0 Å². The van der Waals surface area contributed by atoms with E-state index in [-0.39, 0.29) is 35.0 Å². The maximum absolute atomic E-state index is 13.7. The molecule has 1 aromatic carbocycles. The van der Waals surface area contributed by atoms with Gasteiger partial charge in [-0.1, -0.05) is 45.0 Å². The number of hydrogen-bond donors (Lipinski definition) is 1. The number of rotatable bonds is 4. The van der Waals surface area contributed by atoms with Crippen LogP contribution in [0.25, 0.3) is 21.9 Å². The summed E-state index contributed by atoms with van der Waals surface area (Å²) in [5, 5.41) is 3.08. The lowest BCUT2D eigenvalue weighted by Crippen LogP contribution is -2.48. The summed E-state index contributed by atoms with van der Waals surface area (Å²) < 4.78 is 12.7. The predicted molar refractivity (Wildman–Crippen MR) is 136 cm³/mol. The Labute approximate surface area is 221 Å². The first-order chi connectivity index (χ1) is 18.3. The van der Waals surface area contributed by atoms with Crippen molar-refractivity contribution in [3.8, 4) is 11.4 Å². The summed E-state index contributed by atoms with van der Waals surface area (Å²) >= 11 is 0. The van der Waals surface area contributed by atoms with Crippen molar-refractivity contribution in [2.75, 3.05) is 26.3 Å². The Morgan fingerprint density at radius 2 is 1.79 bits per heavy atom. The molecule has 0 bridgehead atoms. The molecule has 1 saturated heterocycles. The molecule has 2 atom stereocenters. The number of benzene rings is 1. The van der Waals surface area contributed by atoms with Crippen molar-refractivity contribution < 1.29 is 28.5 Å². The van der Waals surface area contributed by atoms with Crippen LogP contribution in [0.2, 0.25) is 0 Å². The first-order valence-electron chi connectivity index (χ1n) is 13.0. The number of carbonyl (C=O) groups excluding carboxylic acids is 2. The lowest BCUT2D eigenvalue weighted by atomic mass is 9.75. The summed E-state index contributed by atoms with van der Waals surface area (Å²) in [5.41, 5.74) is 1.97. The predicted octanol–water partition coefficient (Wildman–Crippen LogP) is 3.58. The second-order valence-corrected chi connectivity index (χ2v) is 10.5. The van der Waals surface area contributed by atoms with E-state index in [1.807, 2.05) is 31.2 Å². The van der Waals surface area contributed by atoms with Gasteiger partial charge >= 0.3 is 23.5 Å². The lowest BCUT2D eigenvalue weighted by molar-refractivity contribution is -0.691. The number of aromatic nitrogens is 4. The van der Waals surface area contributed by atoms with Gasteiger partial charge in [0.2, 0.25) is 0 Å². The van der Waals surface area contributed by atoms with Gasteiger partial charge in [0.15, 0.2) is 5.56 Å². The van der Waals surface area contributed by atoms with Gasteiger partial charge in [0.1, 0.15) is 6.10 Å². The summed E-state index contributed by atoms with van der Waals surface area (Å²) in [5.74, 6) is 0.529. The first kappa shape index (κ1) is 25.7. The minimum atomic E-state index is -0.658. The molecular weight excluding hydrogens is 488 g/mol. The zero-order valence-corrected chi connectivity index (χ0v) is 22.1. The fraction of sp³-hybridized carbons (Fsp3) is 0.519. The Morgan fingerprint density at radius 3 is 2.42 bits per heavy atom. The number of amides is 1. The van der Waals surface area contributed by atoms with Crippen LogP contribution < -0.4 is 9.47 Å². The van der Waals surface area contributed by atoms with Crippen molar-refractivity contribution in [2.24, 2.45) is 17.8 Å². The van der Waals surface area contributed by atoms with Crippen molar-refractivity contribution in [3.05, 3.63) is 46.8 Å². The third kappa shape index (κ3) is 4.84. The number of morpholine rings is 1. The summed E-state index contributed by atoms with van der Waals surface area (Å²) in [6.45, 7) is 17.8. The molecule has 0 spiro atoms. The summed E-state index contributed by atoms with van der Waals surface area (Å²) in [6.07, 6.45) is 0.977. The normalized spacial score (nSPS) is 23.7. The van der Waals surface area contributed by atoms with Gasteiger partial charge in [0.25, 0.3) is 5.82 Å². The average Bonchev–Trinajstić information content (AvgIpc) is 3.44. The third-order valence-electron chi connectivity index (χ3n) is 7.42. The molecule has 5 rings (SSSR count). The molecule has 1 saturated carbocycles. The number of fused-ring (bicyclic) bond motifs is 1. The number of hydrogen-bond acceptors (Lipinski definition) is 6. The van der Waals surface area contributed by atoms with E-state index in [0.717, 1.165) is 28.8 Å². The maximum atomic E-state index is 13.7. The summed E-state index contributed by atoms with van der Waals surface area (Å²) in [4.78, 5) is 43.0. The van der Waals surface area contributed by atoms with E-state index in [1.165, 1.54) is 9.53 Å². The number of carbonyl (C=O) groups is 2. The number of H-pyrrole nitrogens is 1. The van der Waals surface area contributed by atoms with Crippen LogP contribution in [0.15, 0.2) is 24.3 Å². The molecule has 11 nitrogen and oxygen atoms in total. The third-order valence-corrected chi connectivity index (χ3v) is 7.42. The highest BCUT2D eigenvalue weighted by atomic mass is 16.7. The average molecular weight is 522 g/mol. The quantitative estimate of drug-likeness (QED) is 0.243. The molecule has 3 aromatic rings. The molecule has 11 heteroatoms. The minimum absolute atomic E-state index is 0.0394. The molecule has 200 valence electrons. The standard InChI is InChI=1S/C27H32N6O5/c1-16-6-8-20(9-7-16)23-29-25-21(26(34)37-22-18(3)14-17(2)15-19(22)4)24(28-5)33(32(25)30-23)38-27(35)31-10-12-36-13-11-31/h6-9,17-19,22H,10-15H2,1-4H3/p+1. The Kier molecular flexibility index (Phi) is 7.08. The van der Waals surface area contributed by atoms with Crippen molar-refractivity contribution >= 4 is 23.5 Å². The van der Waals surface area contributed by atoms with Crippen LogP contribution >= 0.6 is 0 Å². The van der Waals surface area contributed by atoms with Crippen LogP contribution in [0.5, 0.6) is 0 Å². The molecule has 0 radical (unpaired) electrons. The molecule has 2 aromatic heterocycles. The molecule has 1 N–H and O–H groups in total. The number of nitrogens with one attached hydrogen (secondary N) is 1. The van der Waals surface area contributed by atoms with Gasteiger partial charge in [-0.05, 0) is 54.6 Å². The highest BCUT2D eigenvalue weighted by Gasteiger charge is 2.42. The topological polar surface area (TPSA) is 107 Å². The van der Waals surface area contributed by atoms with Crippen LogP contribution in [0, 0.1) is 31.2 Å². The Bertz CT molecular complexity index is 1370. The largest absolute Gasteiger partial charge is 0.459 e. The molecule has 1 amide bonds. The molecule has 1 aliphatic heterocycles. The second-order valence-electron chi connectivity index (χ2n) is 10.5. The smallest absolute Gasteiger partial charge is 0.458 e. The number of ether oxygens (including phenoxy) is 2. The van der Waals surface area contributed by atoms with Crippen LogP contribution in [0.4, 0.5) is 10.6 Å². The summed E-state index contributed by atoms with van der Waals surface area (Å²) in [6, 6.07) is 7.70. The molecule has 38 heavy (non-hydrogen) atoms. The molecular formula is C27H33N6O5+. The summed E-state index contributed by atoms with van der Waals surface area (Å²) in [7, 11) is 0.